The number of nitrogens with zero attached hydrogens (tertiary/aromatic N) is 1. The van der Waals surface area contributed by atoms with Gasteiger partial charge in [0.2, 0.25) is 0 Å². The molecule has 0 atom stereocenters. The van der Waals surface area contributed by atoms with Crippen LogP contribution < -0.4 is 5.32 Å². The van der Waals surface area contributed by atoms with Crippen molar-refractivity contribution in [1.82, 2.24) is 9.88 Å². The van der Waals surface area contributed by atoms with Crippen LogP contribution in [0.5, 0.6) is 0 Å². The zero-order chi connectivity index (χ0) is 18.1. The minimum atomic E-state index is 0.976. The zero-order valence-electron chi connectivity index (χ0n) is 15.3. The van der Waals surface area contributed by atoms with E-state index in [2.05, 4.69) is 90.8 Å². The smallest absolute Gasteiger partial charge is 0.0472 e. The number of aromatic nitrogens is 1. The molecule has 4 aromatic rings. The molecule has 0 aliphatic heterocycles. The minimum absolute atomic E-state index is 0.976. The van der Waals surface area contributed by atoms with Crippen LogP contribution in [0.15, 0.2) is 60.8 Å². The number of H-pyrrole nitrogens is 1. The number of aryl methyl sites for hydroxylation is 1. The average Bonchev–Trinajstić information content (AvgIpc) is 3.27. The summed E-state index contributed by atoms with van der Waals surface area (Å²) in [7, 11) is 4.21. The molecule has 2 heterocycles. The fourth-order valence-corrected chi connectivity index (χ4v) is 4.46. The van der Waals surface area contributed by atoms with Crippen molar-refractivity contribution in [3.05, 3.63) is 71.2 Å². The molecule has 0 saturated heterocycles. The van der Waals surface area contributed by atoms with E-state index in [0.29, 0.717) is 0 Å². The zero-order valence-corrected chi connectivity index (χ0v) is 16.2. The predicted molar refractivity (Wildman–Crippen MR) is 113 cm³/mol. The van der Waals surface area contributed by atoms with Crippen molar-refractivity contribution in [1.29, 1.82) is 0 Å². The molecule has 0 bridgehead atoms. The highest BCUT2D eigenvalue weighted by atomic mass is 32.1. The largest absolute Gasteiger partial charge is 0.361 e. The number of para-hydroxylation sites is 1. The van der Waals surface area contributed by atoms with Gasteiger partial charge in [-0.25, -0.2) is 0 Å². The molecule has 4 heteroatoms. The van der Waals surface area contributed by atoms with Gasteiger partial charge >= 0.3 is 0 Å². The lowest BCUT2D eigenvalue weighted by atomic mass is 10.1. The van der Waals surface area contributed by atoms with Crippen molar-refractivity contribution >= 4 is 33.6 Å². The number of nitrogens with one attached hydrogen (secondary N) is 2. The van der Waals surface area contributed by atoms with Gasteiger partial charge in [0.25, 0.3) is 0 Å². The maximum Gasteiger partial charge on any atom is 0.0472 e. The van der Waals surface area contributed by atoms with Crippen LogP contribution in [-0.4, -0.2) is 24.0 Å². The number of benzene rings is 2. The van der Waals surface area contributed by atoms with Crippen LogP contribution in [0.3, 0.4) is 0 Å². The Kier molecular flexibility index (Phi) is 4.53. The first-order chi connectivity index (χ1) is 12.6. The molecular formula is C22H23N3S. The topological polar surface area (TPSA) is 31.1 Å². The van der Waals surface area contributed by atoms with Gasteiger partial charge in [-0.2, -0.15) is 0 Å². The highest BCUT2D eigenvalue weighted by Gasteiger charge is 2.10. The van der Waals surface area contributed by atoms with E-state index >= 15 is 0 Å². The second kappa shape index (κ2) is 6.98. The molecule has 26 heavy (non-hydrogen) atoms. The van der Waals surface area contributed by atoms with E-state index in [-0.39, 0.29) is 0 Å². The first kappa shape index (κ1) is 16.9. The van der Waals surface area contributed by atoms with Crippen molar-refractivity contribution in [2.75, 3.05) is 19.4 Å². The van der Waals surface area contributed by atoms with Gasteiger partial charge in [-0.15, -0.1) is 11.3 Å². The number of rotatable bonds is 5. The summed E-state index contributed by atoms with van der Waals surface area (Å²) in [5.41, 5.74) is 5.97. The molecule has 0 spiro atoms. The second-order valence-corrected chi connectivity index (χ2v) is 8.02. The number of anilines is 2. The Morgan fingerprint density at radius 3 is 2.65 bits per heavy atom. The van der Waals surface area contributed by atoms with Crippen LogP contribution in [-0.2, 0) is 6.54 Å². The quantitative estimate of drug-likeness (QED) is 0.456. The van der Waals surface area contributed by atoms with E-state index in [4.69, 9.17) is 0 Å². The van der Waals surface area contributed by atoms with Crippen LogP contribution in [0, 0.1) is 6.92 Å². The van der Waals surface area contributed by atoms with E-state index in [1.54, 1.807) is 0 Å². The van der Waals surface area contributed by atoms with E-state index in [1.807, 2.05) is 17.5 Å². The number of hydrogen-bond acceptors (Lipinski definition) is 3. The van der Waals surface area contributed by atoms with Gasteiger partial charge in [0.05, 0.1) is 0 Å². The fourth-order valence-electron chi connectivity index (χ4n) is 3.29. The van der Waals surface area contributed by atoms with Gasteiger partial charge in [0.1, 0.15) is 0 Å². The van der Waals surface area contributed by atoms with Gasteiger partial charge in [-0.05, 0) is 63.0 Å². The summed E-state index contributed by atoms with van der Waals surface area (Å²) in [6.07, 6.45) is 1.99. The maximum atomic E-state index is 3.65. The third kappa shape index (κ3) is 3.26. The molecule has 0 amide bonds. The molecule has 0 radical (unpaired) electrons. The summed E-state index contributed by atoms with van der Waals surface area (Å²) in [5, 5.41) is 4.91. The summed E-state index contributed by atoms with van der Waals surface area (Å²) < 4.78 is 0. The van der Waals surface area contributed by atoms with Crippen molar-refractivity contribution in [2.24, 2.45) is 0 Å². The predicted octanol–water partition coefficient (Wildman–Crippen LogP) is 6.01. The monoisotopic (exact) mass is 361 g/mol. The molecule has 0 fully saturated rings. The van der Waals surface area contributed by atoms with Gasteiger partial charge < -0.3 is 15.2 Å². The maximum absolute atomic E-state index is 3.65. The molecule has 0 aliphatic carbocycles. The van der Waals surface area contributed by atoms with Crippen molar-refractivity contribution in [3.8, 4) is 10.4 Å². The summed E-state index contributed by atoms with van der Waals surface area (Å²) in [6, 6.07) is 19.4. The number of thiophene rings is 1. The molecule has 3 nitrogen and oxygen atoms in total. The number of aromatic amines is 1. The SMILES string of the molecule is Cc1c(Nc2ccccc2-c2ccc(CN(C)C)s2)ccc2[nH]ccc12. The standard InChI is InChI=1S/C22H23N3S/c1-15-17-12-13-23-20(17)10-9-19(15)24-21-7-5-4-6-18(21)22-11-8-16(26-22)14-25(2)3/h4-13,23-24H,14H2,1-3H3. The van der Waals surface area contributed by atoms with Gasteiger partial charge in [0, 0.05) is 50.3 Å². The van der Waals surface area contributed by atoms with Gasteiger partial charge in [0.15, 0.2) is 0 Å². The number of fused-ring (bicyclic) bond motifs is 1. The van der Waals surface area contributed by atoms with Gasteiger partial charge in [-0.1, -0.05) is 18.2 Å². The Bertz CT molecular complexity index is 1040. The van der Waals surface area contributed by atoms with E-state index in [0.717, 1.165) is 17.9 Å². The van der Waals surface area contributed by atoms with Crippen LogP contribution in [0.1, 0.15) is 10.4 Å². The van der Waals surface area contributed by atoms with E-state index in [9.17, 15) is 0 Å². The molecule has 2 N–H and O–H groups in total. The average molecular weight is 362 g/mol. The van der Waals surface area contributed by atoms with Crippen molar-refractivity contribution in [2.45, 2.75) is 13.5 Å². The molecular weight excluding hydrogens is 338 g/mol. The Hall–Kier alpha value is -2.56. The molecule has 2 aromatic carbocycles. The normalized spacial score (nSPS) is 11.4. The summed E-state index contributed by atoms with van der Waals surface area (Å²) in [5.74, 6) is 0. The van der Waals surface area contributed by atoms with Crippen LogP contribution in [0.25, 0.3) is 21.3 Å². The van der Waals surface area contributed by atoms with E-state index in [1.165, 1.54) is 31.8 Å². The lowest BCUT2D eigenvalue weighted by Gasteiger charge is -2.14. The fraction of sp³-hybridized carbons (Fsp3) is 0.182. The summed E-state index contributed by atoms with van der Waals surface area (Å²) in [6.45, 7) is 3.14. The van der Waals surface area contributed by atoms with Crippen LogP contribution in [0.2, 0.25) is 0 Å². The molecule has 132 valence electrons. The Morgan fingerprint density at radius 2 is 1.81 bits per heavy atom. The third-order valence-electron chi connectivity index (χ3n) is 4.60. The lowest BCUT2D eigenvalue weighted by molar-refractivity contribution is 0.406. The molecule has 0 aliphatic rings. The summed E-state index contributed by atoms with van der Waals surface area (Å²) >= 11 is 1.86. The molecule has 0 unspecified atom stereocenters. The van der Waals surface area contributed by atoms with Crippen LogP contribution >= 0.6 is 11.3 Å². The first-order valence-electron chi connectivity index (χ1n) is 8.78. The lowest BCUT2D eigenvalue weighted by Crippen LogP contribution is -2.09. The van der Waals surface area contributed by atoms with E-state index < -0.39 is 0 Å². The number of hydrogen-bond donors (Lipinski definition) is 2. The summed E-state index contributed by atoms with van der Waals surface area (Å²) in [4.78, 5) is 8.16. The van der Waals surface area contributed by atoms with Crippen LogP contribution in [0.4, 0.5) is 11.4 Å². The third-order valence-corrected chi connectivity index (χ3v) is 5.70. The molecule has 4 rings (SSSR count). The second-order valence-electron chi connectivity index (χ2n) is 6.85. The Labute approximate surface area is 158 Å². The Morgan fingerprint density at radius 1 is 0.962 bits per heavy atom. The van der Waals surface area contributed by atoms with Crippen molar-refractivity contribution < 1.29 is 0 Å². The first-order valence-corrected chi connectivity index (χ1v) is 9.60. The molecule has 2 aromatic heterocycles. The molecule has 0 saturated carbocycles. The Balaban J connectivity index is 1.69. The minimum Gasteiger partial charge on any atom is -0.361 e. The highest BCUT2D eigenvalue weighted by Crippen LogP contribution is 2.36. The highest BCUT2D eigenvalue weighted by molar-refractivity contribution is 7.15. The van der Waals surface area contributed by atoms with Gasteiger partial charge in [-0.3, -0.25) is 0 Å². The van der Waals surface area contributed by atoms with Crippen molar-refractivity contribution in [3.63, 3.8) is 0 Å².